The Morgan fingerprint density at radius 3 is 2.80 bits per heavy atom. The molecule has 7 nitrogen and oxygen atoms in total. The Hall–Kier alpha value is -2.57. The number of carbonyl (C=O) groups is 3. The van der Waals surface area contributed by atoms with Crippen molar-refractivity contribution in [2.75, 3.05) is 20.2 Å². The lowest BCUT2D eigenvalue weighted by atomic mass is 9.79. The van der Waals surface area contributed by atoms with E-state index in [9.17, 15) is 14.4 Å². The average molecular weight is 346 g/mol. The Kier molecular flexibility index (Phi) is 4.92. The van der Waals surface area contributed by atoms with Crippen molar-refractivity contribution in [1.82, 2.24) is 10.2 Å². The molecule has 2 unspecified atom stereocenters. The van der Waals surface area contributed by atoms with E-state index in [1.807, 2.05) is 30.3 Å². The predicted octanol–water partition coefficient (Wildman–Crippen LogP) is 1.47. The maximum absolute atomic E-state index is 12.4. The summed E-state index contributed by atoms with van der Waals surface area (Å²) in [4.78, 5) is 37.9. The summed E-state index contributed by atoms with van der Waals surface area (Å²) >= 11 is 0. The van der Waals surface area contributed by atoms with E-state index in [1.54, 1.807) is 4.90 Å². The summed E-state index contributed by atoms with van der Waals surface area (Å²) < 4.78 is 10.2. The molecule has 0 aliphatic carbocycles. The van der Waals surface area contributed by atoms with Crippen LogP contribution >= 0.6 is 0 Å². The molecule has 134 valence electrons. The second-order valence-corrected chi connectivity index (χ2v) is 6.55. The molecule has 0 radical (unpaired) electrons. The third-order valence-corrected chi connectivity index (χ3v) is 4.92. The number of benzene rings is 1. The van der Waals surface area contributed by atoms with E-state index in [0.717, 1.165) is 5.56 Å². The number of nitrogens with one attached hydrogen (secondary N) is 1. The molecular weight excluding hydrogens is 324 g/mol. The Morgan fingerprint density at radius 1 is 1.32 bits per heavy atom. The highest BCUT2D eigenvalue weighted by Gasteiger charge is 2.53. The van der Waals surface area contributed by atoms with Crippen LogP contribution in [-0.4, -0.2) is 48.6 Å². The highest BCUT2D eigenvalue weighted by molar-refractivity contribution is 5.89. The summed E-state index contributed by atoms with van der Waals surface area (Å²) in [5, 5.41) is 2.90. The summed E-state index contributed by atoms with van der Waals surface area (Å²) in [7, 11) is 1.31. The number of carbonyl (C=O) groups excluding carboxylic acids is 3. The molecule has 2 aliphatic heterocycles. The summed E-state index contributed by atoms with van der Waals surface area (Å²) in [6.45, 7) is 0.987. The maximum Gasteiger partial charge on any atom is 0.410 e. The molecule has 1 N–H and O–H groups in total. The fourth-order valence-electron chi connectivity index (χ4n) is 3.68. The third kappa shape index (κ3) is 3.60. The van der Waals surface area contributed by atoms with E-state index in [-0.39, 0.29) is 25.5 Å². The van der Waals surface area contributed by atoms with Crippen molar-refractivity contribution in [2.24, 2.45) is 5.92 Å². The minimum atomic E-state index is -0.756. The molecule has 2 amide bonds. The number of hydrogen-bond acceptors (Lipinski definition) is 5. The van der Waals surface area contributed by atoms with Crippen LogP contribution in [0.5, 0.6) is 0 Å². The molecule has 7 heteroatoms. The first-order chi connectivity index (χ1) is 12.0. The molecule has 1 aromatic carbocycles. The number of amides is 2. The highest BCUT2D eigenvalue weighted by atomic mass is 16.6. The largest absolute Gasteiger partial charge is 0.469 e. The van der Waals surface area contributed by atoms with E-state index in [4.69, 9.17) is 9.47 Å². The van der Waals surface area contributed by atoms with Crippen molar-refractivity contribution in [3.63, 3.8) is 0 Å². The molecule has 3 rings (SSSR count). The van der Waals surface area contributed by atoms with Crippen molar-refractivity contribution in [1.29, 1.82) is 0 Å². The number of nitrogens with zero attached hydrogens (tertiary/aromatic N) is 1. The van der Waals surface area contributed by atoms with Gasteiger partial charge in [-0.3, -0.25) is 9.59 Å². The van der Waals surface area contributed by atoms with Crippen LogP contribution in [-0.2, 0) is 25.7 Å². The normalized spacial score (nSPS) is 25.6. The van der Waals surface area contributed by atoms with Crippen LogP contribution in [0.15, 0.2) is 30.3 Å². The van der Waals surface area contributed by atoms with Crippen molar-refractivity contribution in [2.45, 2.75) is 31.4 Å². The standard InChI is InChI=1S/C18H22N2O5/c1-24-16(22)14-10-15(21)19-18(14)8-5-9-20(12-18)17(23)25-11-13-6-3-2-4-7-13/h2-4,6-7,14H,5,8-12H2,1H3,(H,19,21). The Morgan fingerprint density at radius 2 is 2.08 bits per heavy atom. The average Bonchev–Trinajstić information content (AvgIpc) is 2.95. The van der Waals surface area contributed by atoms with Gasteiger partial charge in [-0.2, -0.15) is 0 Å². The number of hydrogen-bond donors (Lipinski definition) is 1. The Labute approximate surface area is 146 Å². The van der Waals surface area contributed by atoms with Gasteiger partial charge in [-0.15, -0.1) is 0 Å². The first kappa shape index (κ1) is 17.3. The monoisotopic (exact) mass is 346 g/mol. The molecule has 1 aromatic rings. The van der Waals surface area contributed by atoms with Gasteiger partial charge in [0.25, 0.3) is 0 Å². The molecule has 0 aromatic heterocycles. The van der Waals surface area contributed by atoms with Crippen LogP contribution < -0.4 is 5.32 Å². The van der Waals surface area contributed by atoms with Gasteiger partial charge in [0.05, 0.1) is 18.6 Å². The van der Waals surface area contributed by atoms with E-state index in [1.165, 1.54) is 7.11 Å². The van der Waals surface area contributed by atoms with Gasteiger partial charge in [0.2, 0.25) is 5.91 Å². The third-order valence-electron chi connectivity index (χ3n) is 4.92. The van der Waals surface area contributed by atoms with Crippen molar-refractivity contribution >= 4 is 18.0 Å². The van der Waals surface area contributed by atoms with E-state index >= 15 is 0 Å². The summed E-state index contributed by atoms with van der Waals surface area (Å²) in [5.74, 6) is -1.18. The number of methoxy groups -OCH3 is 1. The molecule has 25 heavy (non-hydrogen) atoms. The van der Waals surface area contributed by atoms with Gasteiger partial charge in [0.1, 0.15) is 6.61 Å². The zero-order chi connectivity index (χ0) is 17.9. The van der Waals surface area contributed by atoms with E-state index < -0.39 is 23.5 Å². The van der Waals surface area contributed by atoms with Gasteiger partial charge in [-0.25, -0.2) is 4.79 Å². The lowest BCUT2D eigenvalue weighted by molar-refractivity contribution is -0.148. The summed E-state index contributed by atoms with van der Waals surface area (Å²) in [6.07, 6.45) is 0.988. The molecule has 1 spiro atoms. The van der Waals surface area contributed by atoms with Crippen LogP contribution in [0.4, 0.5) is 4.79 Å². The van der Waals surface area contributed by atoms with Crippen LogP contribution in [0, 0.1) is 5.92 Å². The molecule has 2 heterocycles. The molecular formula is C18H22N2O5. The van der Waals surface area contributed by atoms with Gasteiger partial charge in [-0.05, 0) is 18.4 Å². The maximum atomic E-state index is 12.4. The minimum absolute atomic E-state index is 0.0968. The second kappa shape index (κ2) is 7.13. The predicted molar refractivity (Wildman–Crippen MR) is 88.4 cm³/mol. The zero-order valence-electron chi connectivity index (χ0n) is 14.2. The van der Waals surface area contributed by atoms with Gasteiger partial charge < -0.3 is 19.7 Å². The van der Waals surface area contributed by atoms with Gasteiger partial charge in [0.15, 0.2) is 0 Å². The Bertz CT molecular complexity index is 663. The minimum Gasteiger partial charge on any atom is -0.469 e. The quantitative estimate of drug-likeness (QED) is 0.838. The molecule has 0 saturated carbocycles. The summed E-state index contributed by atoms with van der Waals surface area (Å²) in [6, 6.07) is 9.43. The lowest BCUT2D eigenvalue weighted by Gasteiger charge is -2.42. The molecule has 2 atom stereocenters. The van der Waals surface area contributed by atoms with E-state index in [2.05, 4.69) is 5.32 Å². The number of likely N-dealkylation sites (tertiary alicyclic amines) is 1. The topological polar surface area (TPSA) is 84.9 Å². The van der Waals surface area contributed by atoms with Crippen molar-refractivity contribution < 1.29 is 23.9 Å². The number of rotatable bonds is 3. The first-order valence-electron chi connectivity index (χ1n) is 8.38. The van der Waals surface area contributed by atoms with E-state index in [0.29, 0.717) is 19.4 Å². The fourth-order valence-corrected chi connectivity index (χ4v) is 3.68. The zero-order valence-corrected chi connectivity index (χ0v) is 14.2. The van der Waals surface area contributed by atoms with Crippen molar-refractivity contribution in [3.05, 3.63) is 35.9 Å². The molecule has 0 bridgehead atoms. The van der Waals surface area contributed by atoms with Gasteiger partial charge in [-0.1, -0.05) is 30.3 Å². The number of piperidine rings is 1. The molecule has 2 fully saturated rings. The van der Waals surface area contributed by atoms with Crippen molar-refractivity contribution in [3.8, 4) is 0 Å². The van der Waals surface area contributed by atoms with Crippen LogP contribution in [0.2, 0.25) is 0 Å². The van der Waals surface area contributed by atoms with Crippen LogP contribution in [0.1, 0.15) is 24.8 Å². The van der Waals surface area contributed by atoms with Crippen LogP contribution in [0.25, 0.3) is 0 Å². The fraction of sp³-hybridized carbons (Fsp3) is 0.500. The summed E-state index contributed by atoms with van der Waals surface area (Å²) in [5.41, 5.74) is 0.151. The SMILES string of the molecule is COC(=O)C1CC(=O)NC12CCCN(C(=O)OCc1ccccc1)C2. The number of ether oxygens (including phenoxy) is 2. The highest BCUT2D eigenvalue weighted by Crippen LogP contribution is 2.36. The van der Waals surface area contributed by atoms with Gasteiger partial charge >= 0.3 is 12.1 Å². The molecule has 2 saturated heterocycles. The Balaban J connectivity index is 1.66. The number of esters is 1. The first-order valence-corrected chi connectivity index (χ1v) is 8.38. The molecule has 2 aliphatic rings. The second-order valence-electron chi connectivity index (χ2n) is 6.55. The lowest BCUT2D eigenvalue weighted by Crippen LogP contribution is -2.60. The van der Waals surface area contributed by atoms with Gasteiger partial charge in [0, 0.05) is 19.5 Å². The van der Waals surface area contributed by atoms with Crippen LogP contribution in [0.3, 0.4) is 0 Å². The smallest absolute Gasteiger partial charge is 0.410 e.